The summed E-state index contributed by atoms with van der Waals surface area (Å²) in [4.78, 5) is 25.6. The predicted molar refractivity (Wildman–Crippen MR) is 316 cm³/mol. The van der Waals surface area contributed by atoms with E-state index in [0.29, 0.717) is 19.4 Å². The van der Waals surface area contributed by atoms with Crippen LogP contribution in [0.15, 0.2) is 85.1 Å². The van der Waals surface area contributed by atoms with Crippen molar-refractivity contribution in [2.24, 2.45) is 0 Å². The van der Waals surface area contributed by atoms with Gasteiger partial charge in [0.1, 0.15) is 6.61 Å². The van der Waals surface area contributed by atoms with E-state index in [0.717, 1.165) is 83.5 Å². The Hall–Kier alpha value is -2.92. The molecule has 0 aromatic carbocycles. The Morgan fingerprint density at radius 2 is 0.625 bits per heavy atom. The molecule has 5 heteroatoms. The Morgan fingerprint density at radius 1 is 0.319 bits per heavy atom. The first-order valence-corrected chi connectivity index (χ1v) is 31.1. The molecule has 1 unspecified atom stereocenters. The van der Waals surface area contributed by atoms with Gasteiger partial charge in [-0.2, -0.15) is 0 Å². The van der Waals surface area contributed by atoms with Gasteiger partial charge in [0.2, 0.25) is 0 Å². The number of unbranched alkanes of at least 4 members (excludes halogenated alkanes) is 32. The maximum absolute atomic E-state index is 12.9. The van der Waals surface area contributed by atoms with Crippen molar-refractivity contribution in [3.63, 3.8) is 0 Å². The summed E-state index contributed by atoms with van der Waals surface area (Å²) in [5.41, 5.74) is 0. The van der Waals surface area contributed by atoms with E-state index in [-0.39, 0.29) is 25.2 Å². The number of hydrogen-bond acceptors (Lipinski definition) is 5. The monoisotopic (exact) mass is 1000 g/mol. The summed E-state index contributed by atoms with van der Waals surface area (Å²) in [6.07, 6.45) is 83.2. The zero-order valence-corrected chi connectivity index (χ0v) is 47.9. The van der Waals surface area contributed by atoms with Crippen LogP contribution in [0, 0.1) is 0 Å². The number of carbonyl (C=O) groups excluding carboxylic acids is 2. The lowest BCUT2D eigenvalue weighted by atomic mass is 10.1. The van der Waals surface area contributed by atoms with Gasteiger partial charge in [-0.25, -0.2) is 0 Å². The largest absolute Gasteiger partial charge is 0.462 e. The van der Waals surface area contributed by atoms with Crippen molar-refractivity contribution in [3.8, 4) is 0 Å². The molecule has 0 aromatic rings. The molecular weight excluding hydrogens is 885 g/mol. The normalized spacial score (nSPS) is 12.8. The molecule has 0 saturated heterocycles. The lowest BCUT2D eigenvalue weighted by molar-refractivity contribution is -0.163. The van der Waals surface area contributed by atoms with E-state index in [1.807, 2.05) is 0 Å². The Kier molecular flexibility index (Phi) is 59.8. The zero-order valence-electron chi connectivity index (χ0n) is 47.9. The topological polar surface area (TPSA) is 61.8 Å². The molecule has 0 rings (SSSR count). The van der Waals surface area contributed by atoms with Gasteiger partial charge < -0.3 is 14.2 Å². The molecule has 0 amide bonds. The SMILES string of the molecule is CC/C=C\C/C=C\C/C=C\C/C=C\CCCCCCCCC(=O)OCC(COCCCCCCCCCC/C=C\C/C=C\CCCCC)OC(=O)CCCCCCCCCCC/C=C\CCCCCCCC. The highest BCUT2D eigenvalue weighted by atomic mass is 16.6. The Morgan fingerprint density at radius 3 is 1.04 bits per heavy atom. The molecule has 0 fully saturated rings. The molecule has 0 aliphatic carbocycles. The molecule has 0 aliphatic heterocycles. The molecule has 0 heterocycles. The molecule has 0 aliphatic rings. The molecule has 72 heavy (non-hydrogen) atoms. The second-order valence-corrected chi connectivity index (χ2v) is 20.6. The molecule has 0 N–H and O–H groups in total. The second kappa shape index (κ2) is 62.4. The van der Waals surface area contributed by atoms with Gasteiger partial charge >= 0.3 is 11.9 Å². The van der Waals surface area contributed by atoms with E-state index in [2.05, 4.69) is 106 Å². The molecule has 5 nitrogen and oxygen atoms in total. The zero-order chi connectivity index (χ0) is 52.0. The molecule has 416 valence electrons. The fourth-order valence-corrected chi connectivity index (χ4v) is 8.76. The number of carbonyl (C=O) groups is 2. The molecule has 0 spiro atoms. The highest BCUT2D eigenvalue weighted by Gasteiger charge is 2.17. The number of rotatable bonds is 57. The Labute approximate surface area is 448 Å². The van der Waals surface area contributed by atoms with Crippen LogP contribution < -0.4 is 0 Å². The van der Waals surface area contributed by atoms with Crippen LogP contribution in [0.2, 0.25) is 0 Å². The van der Waals surface area contributed by atoms with E-state index in [4.69, 9.17) is 14.2 Å². The highest BCUT2D eigenvalue weighted by molar-refractivity contribution is 5.70. The predicted octanol–water partition coefficient (Wildman–Crippen LogP) is 21.6. The van der Waals surface area contributed by atoms with Crippen LogP contribution in [0.4, 0.5) is 0 Å². The molecule has 0 bridgehead atoms. The van der Waals surface area contributed by atoms with Crippen LogP contribution in [0.25, 0.3) is 0 Å². The van der Waals surface area contributed by atoms with E-state index < -0.39 is 6.10 Å². The number of ether oxygens (including phenoxy) is 3. The summed E-state index contributed by atoms with van der Waals surface area (Å²) in [5.74, 6) is -0.410. The number of hydrogen-bond donors (Lipinski definition) is 0. The minimum Gasteiger partial charge on any atom is -0.462 e. The van der Waals surface area contributed by atoms with Gasteiger partial charge in [-0.15, -0.1) is 0 Å². The molecule has 0 radical (unpaired) electrons. The van der Waals surface area contributed by atoms with E-state index in [1.54, 1.807) is 0 Å². The average molecular weight is 1000 g/mol. The van der Waals surface area contributed by atoms with Crippen LogP contribution in [-0.4, -0.2) is 37.9 Å². The molecular formula is C67H118O5. The van der Waals surface area contributed by atoms with Crippen LogP contribution in [-0.2, 0) is 23.8 Å². The Bertz CT molecular complexity index is 1320. The summed E-state index contributed by atoms with van der Waals surface area (Å²) >= 11 is 0. The van der Waals surface area contributed by atoms with Crippen molar-refractivity contribution in [1.82, 2.24) is 0 Å². The fourth-order valence-electron chi connectivity index (χ4n) is 8.76. The van der Waals surface area contributed by atoms with E-state index in [1.165, 1.54) is 186 Å². The van der Waals surface area contributed by atoms with Gasteiger partial charge in [-0.1, -0.05) is 260 Å². The number of allylic oxidation sites excluding steroid dienone is 14. The third-order valence-electron chi connectivity index (χ3n) is 13.4. The number of esters is 2. The average Bonchev–Trinajstić information content (AvgIpc) is 3.38. The van der Waals surface area contributed by atoms with Crippen molar-refractivity contribution in [2.45, 2.75) is 309 Å². The van der Waals surface area contributed by atoms with Gasteiger partial charge in [0.15, 0.2) is 6.10 Å². The quantitative estimate of drug-likeness (QED) is 0.0345. The van der Waals surface area contributed by atoms with Gasteiger partial charge in [0, 0.05) is 19.4 Å². The molecule has 1 atom stereocenters. The maximum Gasteiger partial charge on any atom is 0.306 e. The van der Waals surface area contributed by atoms with Crippen LogP contribution in [0.3, 0.4) is 0 Å². The van der Waals surface area contributed by atoms with Crippen LogP contribution in [0.1, 0.15) is 303 Å². The Balaban J connectivity index is 4.32. The third-order valence-corrected chi connectivity index (χ3v) is 13.4. The summed E-state index contributed by atoms with van der Waals surface area (Å²) in [6.45, 7) is 7.69. The summed E-state index contributed by atoms with van der Waals surface area (Å²) in [7, 11) is 0. The first-order valence-electron chi connectivity index (χ1n) is 31.1. The lowest BCUT2D eigenvalue weighted by Crippen LogP contribution is -2.30. The smallest absolute Gasteiger partial charge is 0.306 e. The maximum atomic E-state index is 12.9. The lowest BCUT2D eigenvalue weighted by Gasteiger charge is -2.18. The fraction of sp³-hybridized carbons (Fsp3) is 0.761. The standard InChI is InChI=1S/C67H118O5/c1-4-7-10-13-16-19-22-25-28-31-34-36-39-42-45-48-51-54-57-60-66(68)71-64-65(63-70-62-59-56-53-50-47-44-41-38-33-30-27-24-21-18-15-12-9-6-3)72-67(69)61-58-55-52-49-46-43-40-37-35-32-29-26-23-20-17-14-11-8-5-2/h7,10,16,18-19,21,25-30,34,36,65H,4-6,8-9,11-15,17,20,22-24,31-33,35,37-64H2,1-3H3/b10-7-,19-16-,21-18-,28-25-,29-26-,30-27-,36-34-. The summed E-state index contributed by atoms with van der Waals surface area (Å²) in [6, 6.07) is 0. The van der Waals surface area contributed by atoms with Crippen molar-refractivity contribution in [3.05, 3.63) is 85.1 Å². The molecule has 0 saturated carbocycles. The van der Waals surface area contributed by atoms with Gasteiger partial charge in [0.25, 0.3) is 0 Å². The van der Waals surface area contributed by atoms with E-state index in [9.17, 15) is 9.59 Å². The minimum atomic E-state index is -0.552. The molecule has 0 aromatic heterocycles. The van der Waals surface area contributed by atoms with Gasteiger partial charge in [-0.3, -0.25) is 9.59 Å². The van der Waals surface area contributed by atoms with Crippen molar-refractivity contribution < 1.29 is 23.8 Å². The van der Waals surface area contributed by atoms with Crippen LogP contribution >= 0.6 is 0 Å². The van der Waals surface area contributed by atoms with Crippen molar-refractivity contribution in [2.75, 3.05) is 19.8 Å². The third kappa shape index (κ3) is 59.6. The van der Waals surface area contributed by atoms with Crippen molar-refractivity contribution in [1.29, 1.82) is 0 Å². The summed E-state index contributed by atoms with van der Waals surface area (Å²) in [5, 5.41) is 0. The summed E-state index contributed by atoms with van der Waals surface area (Å²) < 4.78 is 17.5. The van der Waals surface area contributed by atoms with Crippen molar-refractivity contribution >= 4 is 11.9 Å². The highest BCUT2D eigenvalue weighted by Crippen LogP contribution is 2.15. The van der Waals surface area contributed by atoms with Gasteiger partial charge in [0.05, 0.1) is 6.61 Å². The van der Waals surface area contributed by atoms with Gasteiger partial charge in [-0.05, 0) is 116 Å². The second-order valence-electron chi connectivity index (χ2n) is 20.6. The first kappa shape index (κ1) is 69.1. The minimum absolute atomic E-state index is 0.0727. The first-order chi connectivity index (χ1) is 35.6. The van der Waals surface area contributed by atoms with E-state index >= 15 is 0 Å². The van der Waals surface area contributed by atoms with Crippen LogP contribution in [0.5, 0.6) is 0 Å².